The zero-order valence-corrected chi connectivity index (χ0v) is 24.2. The predicted octanol–water partition coefficient (Wildman–Crippen LogP) is 6.86. The van der Waals surface area contributed by atoms with E-state index in [4.69, 9.17) is 27.9 Å². The summed E-state index contributed by atoms with van der Waals surface area (Å²) in [7, 11) is 0. The van der Waals surface area contributed by atoms with Gasteiger partial charge in [0.05, 0.1) is 10.0 Å². The Labute approximate surface area is 237 Å². The molecule has 37 heavy (non-hydrogen) atoms. The summed E-state index contributed by atoms with van der Waals surface area (Å²) >= 11 is 15.8. The van der Waals surface area contributed by atoms with Crippen LogP contribution in [0.15, 0.2) is 71.2 Å². The summed E-state index contributed by atoms with van der Waals surface area (Å²) in [6.07, 6.45) is 0.356. The summed E-state index contributed by atoms with van der Waals surface area (Å²) in [6.45, 7) is 6.46. The highest BCUT2D eigenvalue weighted by atomic mass is 79.9. The van der Waals surface area contributed by atoms with E-state index in [2.05, 4.69) is 21.2 Å². The number of benzene rings is 3. The highest BCUT2D eigenvalue weighted by Gasteiger charge is 2.31. The van der Waals surface area contributed by atoms with E-state index < -0.39 is 6.04 Å². The zero-order chi connectivity index (χ0) is 26.9. The molecule has 0 unspecified atom stereocenters. The van der Waals surface area contributed by atoms with Gasteiger partial charge in [-0.25, -0.2) is 0 Å². The molecule has 2 amide bonds. The fraction of sp³-hybridized carbons (Fsp3) is 0.310. The van der Waals surface area contributed by atoms with Crippen molar-refractivity contribution in [3.05, 3.63) is 97.9 Å². The minimum absolute atomic E-state index is 0.172. The smallest absolute Gasteiger partial charge is 0.261 e. The molecule has 0 bridgehead atoms. The molecule has 3 aromatic rings. The van der Waals surface area contributed by atoms with Crippen molar-refractivity contribution in [3.8, 4) is 5.75 Å². The normalized spacial score (nSPS) is 11.8. The zero-order valence-electron chi connectivity index (χ0n) is 21.1. The van der Waals surface area contributed by atoms with Crippen molar-refractivity contribution < 1.29 is 14.3 Å². The van der Waals surface area contributed by atoms with Crippen LogP contribution in [-0.4, -0.2) is 35.9 Å². The van der Waals surface area contributed by atoms with Gasteiger partial charge in [-0.2, -0.15) is 0 Å². The lowest BCUT2D eigenvalue weighted by Crippen LogP contribution is -2.52. The van der Waals surface area contributed by atoms with Crippen LogP contribution in [0.3, 0.4) is 0 Å². The molecule has 1 N–H and O–H groups in total. The van der Waals surface area contributed by atoms with E-state index in [1.54, 1.807) is 29.2 Å². The number of amides is 2. The number of carbonyl (C=O) groups is 2. The van der Waals surface area contributed by atoms with E-state index in [0.29, 0.717) is 28.8 Å². The summed E-state index contributed by atoms with van der Waals surface area (Å²) in [4.78, 5) is 28.7. The molecule has 5 nitrogen and oxygen atoms in total. The maximum absolute atomic E-state index is 13.7. The molecule has 0 aliphatic rings. The lowest BCUT2D eigenvalue weighted by Gasteiger charge is -2.32. The van der Waals surface area contributed by atoms with Crippen LogP contribution in [0.25, 0.3) is 0 Å². The van der Waals surface area contributed by atoms with Crippen molar-refractivity contribution in [2.45, 2.75) is 39.8 Å². The predicted molar refractivity (Wildman–Crippen MR) is 153 cm³/mol. The van der Waals surface area contributed by atoms with Crippen LogP contribution < -0.4 is 10.1 Å². The van der Waals surface area contributed by atoms with Gasteiger partial charge >= 0.3 is 0 Å². The number of aryl methyl sites for hydroxylation is 1. The van der Waals surface area contributed by atoms with Gasteiger partial charge in [-0.15, -0.1) is 0 Å². The van der Waals surface area contributed by atoms with E-state index >= 15 is 0 Å². The van der Waals surface area contributed by atoms with E-state index in [1.165, 1.54) is 0 Å². The maximum atomic E-state index is 13.7. The first-order chi connectivity index (χ1) is 17.6. The number of carbonyl (C=O) groups excluding carboxylic acids is 2. The average molecular weight is 606 g/mol. The first-order valence-electron chi connectivity index (χ1n) is 12.1. The van der Waals surface area contributed by atoms with Crippen molar-refractivity contribution in [2.24, 2.45) is 5.92 Å². The number of hydrogen-bond acceptors (Lipinski definition) is 3. The lowest BCUT2D eigenvalue weighted by atomic mass is 10.0. The number of nitrogens with zero attached hydrogens (tertiary/aromatic N) is 1. The van der Waals surface area contributed by atoms with Gasteiger partial charge in [0, 0.05) is 24.0 Å². The minimum atomic E-state index is -0.752. The Bertz CT molecular complexity index is 1220. The minimum Gasteiger partial charge on any atom is -0.484 e. The summed E-state index contributed by atoms with van der Waals surface area (Å²) in [5.41, 5.74) is 2.70. The summed E-state index contributed by atoms with van der Waals surface area (Å²) in [5, 5.41) is 3.82. The Morgan fingerprint density at radius 3 is 2.35 bits per heavy atom. The Kier molecular flexibility index (Phi) is 10.9. The molecule has 0 fully saturated rings. The molecular formula is C29H31BrCl2N2O3. The van der Waals surface area contributed by atoms with E-state index in [0.717, 1.165) is 21.2 Å². The maximum Gasteiger partial charge on any atom is 0.261 e. The first-order valence-corrected chi connectivity index (χ1v) is 13.6. The molecule has 0 aliphatic carbocycles. The van der Waals surface area contributed by atoms with Gasteiger partial charge in [-0.05, 0) is 59.9 Å². The van der Waals surface area contributed by atoms with Crippen LogP contribution >= 0.6 is 39.1 Å². The molecule has 3 aromatic carbocycles. The molecule has 0 radical (unpaired) electrons. The fourth-order valence-corrected chi connectivity index (χ4v) is 4.31. The van der Waals surface area contributed by atoms with Gasteiger partial charge in [0.25, 0.3) is 5.91 Å². The molecule has 0 saturated heterocycles. The number of halogens is 3. The van der Waals surface area contributed by atoms with Gasteiger partial charge < -0.3 is 15.0 Å². The van der Waals surface area contributed by atoms with Crippen LogP contribution in [0, 0.1) is 12.8 Å². The molecule has 1 atom stereocenters. The van der Waals surface area contributed by atoms with Crippen LogP contribution in [0.2, 0.25) is 10.0 Å². The molecule has 8 heteroatoms. The van der Waals surface area contributed by atoms with E-state index in [-0.39, 0.29) is 30.9 Å². The number of nitrogens with one attached hydrogen (secondary N) is 1. The Hall–Kier alpha value is -2.54. The van der Waals surface area contributed by atoms with E-state index in [1.807, 2.05) is 63.2 Å². The van der Waals surface area contributed by atoms with Crippen molar-refractivity contribution >= 4 is 50.9 Å². The van der Waals surface area contributed by atoms with Crippen LogP contribution in [0.5, 0.6) is 5.75 Å². The summed E-state index contributed by atoms with van der Waals surface area (Å²) < 4.78 is 6.81. The third-order valence-corrected chi connectivity index (χ3v) is 7.41. The van der Waals surface area contributed by atoms with Crippen molar-refractivity contribution in [2.75, 3.05) is 13.2 Å². The average Bonchev–Trinajstić information content (AvgIpc) is 2.87. The fourth-order valence-electron chi connectivity index (χ4n) is 3.75. The Morgan fingerprint density at radius 1 is 0.973 bits per heavy atom. The first kappa shape index (κ1) is 29.0. The standard InChI is InChI=1S/C29H31BrCl2N2O3/c1-19(2)16-33-29(36)27(15-21-7-5-4-6-8-21)34(17-22-9-12-25(31)26(32)14-22)28(35)18-37-23-10-11-24(30)20(3)13-23/h4-14,19,27H,15-18H2,1-3H3,(H,33,36)/t27-/m1/s1. The van der Waals surface area contributed by atoms with Gasteiger partial charge in [-0.1, -0.05) is 89.4 Å². The number of ether oxygens (including phenoxy) is 1. The van der Waals surface area contributed by atoms with Crippen molar-refractivity contribution in [1.29, 1.82) is 0 Å². The quantitative estimate of drug-likeness (QED) is 0.260. The molecule has 0 aliphatic heterocycles. The monoisotopic (exact) mass is 604 g/mol. The molecule has 196 valence electrons. The molecule has 0 saturated carbocycles. The lowest BCUT2D eigenvalue weighted by molar-refractivity contribution is -0.142. The van der Waals surface area contributed by atoms with Gasteiger partial charge in [-0.3, -0.25) is 9.59 Å². The van der Waals surface area contributed by atoms with Crippen LogP contribution in [-0.2, 0) is 22.6 Å². The van der Waals surface area contributed by atoms with E-state index in [9.17, 15) is 9.59 Å². The molecule has 0 spiro atoms. The third kappa shape index (κ3) is 8.77. The van der Waals surface area contributed by atoms with Crippen LogP contribution in [0.1, 0.15) is 30.5 Å². The number of rotatable bonds is 11. The molecule has 0 aromatic heterocycles. The van der Waals surface area contributed by atoms with Gasteiger partial charge in [0.2, 0.25) is 5.91 Å². The topological polar surface area (TPSA) is 58.6 Å². The second-order valence-corrected chi connectivity index (χ2v) is 11.0. The van der Waals surface area contributed by atoms with Crippen molar-refractivity contribution in [1.82, 2.24) is 10.2 Å². The van der Waals surface area contributed by atoms with Gasteiger partial charge in [0.15, 0.2) is 6.61 Å². The highest BCUT2D eigenvalue weighted by molar-refractivity contribution is 9.10. The third-order valence-electron chi connectivity index (χ3n) is 5.78. The molecule has 0 heterocycles. The summed E-state index contributed by atoms with van der Waals surface area (Å²) in [5.74, 6) is 0.314. The van der Waals surface area contributed by atoms with Crippen molar-refractivity contribution in [3.63, 3.8) is 0 Å². The summed E-state index contributed by atoms with van der Waals surface area (Å²) in [6, 6.07) is 19.6. The SMILES string of the molecule is Cc1cc(OCC(=O)N(Cc2ccc(Cl)c(Cl)c2)[C@H](Cc2ccccc2)C(=O)NCC(C)C)ccc1Br. The molecule has 3 rings (SSSR count). The Balaban J connectivity index is 1.92. The van der Waals surface area contributed by atoms with Gasteiger partial charge in [0.1, 0.15) is 11.8 Å². The second-order valence-electron chi connectivity index (χ2n) is 9.31. The largest absolute Gasteiger partial charge is 0.484 e. The second kappa shape index (κ2) is 13.8. The molecular weight excluding hydrogens is 575 g/mol. The number of hydrogen-bond donors (Lipinski definition) is 1. The Morgan fingerprint density at radius 2 is 1.70 bits per heavy atom. The van der Waals surface area contributed by atoms with Crippen LogP contribution in [0.4, 0.5) is 0 Å². The highest BCUT2D eigenvalue weighted by Crippen LogP contribution is 2.25.